The first-order chi connectivity index (χ1) is 54.1. The number of nitrogens with two attached hydrogens (primary N) is 1. The minimum absolute atomic E-state index is 0.00217. The van der Waals surface area contributed by atoms with Gasteiger partial charge < -0.3 is 113 Å². The number of hydrogen-bond acceptors (Lipinski definition) is 29. The van der Waals surface area contributed by atoms with E-state index in [0.717, 1.165) is 6.42 Å². The molecule has 0 radical (unpaired) electrons. The van der Waals surface area contributed by atoms with Crippen molar-refractivity contribution in [1.82, 2.24) is 31.9 Å². The monoisotopic (exact) mass is 1630 g/mol. The molecule has 114 heavy (non-hydrogen) atoms. The Morgan fingerprint density at radius 3 is 1.30 bits per heavy atom. The Hall–Kier alpha value is -6.48. The van der Waals surface area contributed by atoms with E-state index >= 15 is 0 Å². The van der Waals surface area contributed by atoms with Crippen LogP contribution in [0.4, 0.5) is 0 Å². The number of esters is 4. The number of amides is 6. The molecule has 0 aromatic rings. The summed E-state index contributed by atoms with van der Waals surface area (Å²) in [5.74, 6) is -5.53. The van der Waals surface area contributed by atoms with Gasteiger partial charge in [-0.1, -0.05) is 69.2 Å². The van der Waals surface area contributed by atoms with E-state index in [9.17, 15) is 57.5 Å². The number of carbonyl (C=O) groups is 12. The molecule has 0 bridgehead atoms. The molecule has 0 aromatic heterocycles. The third-order valence-corrected chi connectivity index (χ3v) is 21.8. The first-order valence-electron chi connectivity index (χ1n) is 40.6. The molecule has 0 aliphatic carbocycles. The lowest BCUT2D eigenvalue weighted by Crippen LogP contribution is -2.58. The molecule has 4 rings (SSSR count). The largest absolute Gasteiger partial charge is 0.463 e. The Morgan fingerprint density at radius 1 is 0.377 bits per heavy atom. The Kier molecular flexibility index (Phi) is 47.1. The fourth-order valence-electron chi connectivity index (χ4n) is 14.0. The highest BCUT2D eigenvalue weighted by atomic mass is 16.7. The Labute approximate surface area is 672 Å². The third kappa shape index (κ3) is 36.6. The third-order valence-electron chi connectivity index (χ3n) is 21.8. The van der Waals surface area contributed by atoms with E-state index < -0.39 is 121 Å². The van der Waals surface area contributed by atoms with Gasteiger partial charge in [0.2, 0.25) is 35.4 Å². The summed E-state index contributed by atoms with van der Waals surface area (Å²) < 4.78 is 93.0. The van der Waals surface area contributed by atoms with Crippen molar-refractivity contribution in [1.29, 1.82) is 0 Å². The predicted octanol–water partition coefficient (Wildman–Crippen LogP) is 3.35. The minimum Gasteiger partial charge on any atom is -0.463 e. The molecule has 0 saturated carbocycles. The van der Waals surface area contributed by atoms with Gasteiger partial charge >= 0.3 is 23.9 Å². The number of hydrogen-bond donors (Lipinski definition) is 7. The van der Waals surface area contributed by atoms with Crippen LogP contribution in [0.1, 0.15) is 181 Å². The summed E-state index contributed by atoms with van der Waals surface area (Å²) in [6.45, 7) is 29.5. The molecule has 8 N–H and O–H groups in total. The fraction of sp³-hybridized carbons (Fsp3) is 0.848. The summed E-state index contributed by atoms with van der Waals surface area (Å²) in [6.07, 6.45) is -5.01. The highest BCUT2D eigenvalue weighted by Crippen LogP contribution is 2.38. The number of nitrogens with one attached hydrogen (secondary N) is 6. The van der Waals surface area contributed by atoms with Crippen LogP contribution in [-0.4, -0.2) is 269 Å². The highest BCUT2D eigenvalue weighted by Gasteiger charge is 2.47. The van der Waals surface area contributed by atoms with Crippen molar-refractivity contribution >= 4 is 70.9 Å². The molecule has 0 spiro atoms. The quantitative estimate of drug-likeness (QED) is 0.0261. The van der Waals surface area contributed by atoms with E-state index in [-0.39, 0.29) is 259 Å². The number of Topliss-reactive ketones (excluding diaryl/α,β-unsaturated/α-hetero) is 2. The molecule has 35 heteroatoms. The molecular formula is C79H135N7O28. The number of ether oxygens (including phenoxy) is 16. The molecule has 4 fully saturated rings. The Morgan fingerprint density at radius 2 is 0.798 bits per heavy atom. The Balaban J connectivity index is 1.35. The van der Waals surface area contributed by atoms with Crippen LogP contribution in [0.15, 0.2) is 0 Å². The smallest absolute Gasteiger partial charge is 0.303 e. The molecule has 35 nitrogen and oxygen atoms in total. The zero-order valence-corrected chi connectivity index (χ0v) is 70.1. The van der Waals surface area contributed by atoms with E-state index in [1.807, 2.05) is 48.5 Å². The summed E-state index contributed by atoms with van der Waals surface area (Å²) >= 11 is 0. The van der Waals surface area contributed by atoms with Crippen molar-refractivity contribution in [2.45, 2.75) is 267 Å². The maximum atomic E-state index is 14.0. The fourth-order valence-corrected chi connectivity index (χ4v) is 14.0. The molecule has 0 aromatic carbocycles. The standard InChI is InChI=1S/C79H135N7O28/c1-17-65-47(4)49(6)71(83-54(11)87)78(111-65)105-41-37-101-32-28-81-69(95)27-25-62(64(94)21-19-31-100-35-40-106-79-72(84-55(12)88)50(7)48(5)67(113-79)43-108-57(14)90)85-70(96)26-23-61(80)74(97)86-63(75(98)82-29-33-102-36-39-103-76-52(9)45(2)46(3)66(112-76)42-107-56(13)89)24-22-60(93)20-18-30-99-34-38-104-77-53(10)51(8)73(110-59(16)92)68(114-77)44-109-58(15)91/h45-53,61-63,65-68,71-73,76-79H,17-44,80H2,1-16H3,(H,81,95)(H,82,98)(H,83,87)(H,84,88)(H,85,96)(H,86,97). The molecule has 23 atom stereocenters. The molecule has 4 aliphatic heterocycles. The number of rotatable bonds is 54. The number of carbonyl (C=O) groups excluding carboxylic acids is 12. The second-order valence-corrected chi connectivity index (χ2v) is 30.4. The van der Waals surface area contributed by atoms with Crippen LogP contribution in [0.25, 0.3) is 0 Å². The average molecular weight is 1630 g/mol. The first-order valence-corrected chi connectivity index (χ1v) is 40.6. The van der Waals surface area contributed by atoms with Crippen LogP contribution < -0.4 is 37.6 Å². The molecule has 4 saturated heterocycles. The van der Waals surface area contributed by atoms with Crippen molar-refractivity contribution in [3.63, 3.8) is 0 Å². The van der Waals surface area contributed by atoms with Gasteiger partial charge in [-0.15, -0.1) is 0 Å². The average Bonchev–Trinajstić information content (AvgIpc) is 0.821. The predicted molar refractivity (Wildman–Crippen MR) is 409 cm³/mol. The van der Waals surface area contributed by atoms with Crippen LogP contribution in [0.2, 0.25) is 0 Å². The van der Waals surface area contributed by atoms with Crippen LogP contribution in [-0.2, 0) is 133 Å². The highest BCUT2D eigenvalue weighted by molar-refractivity contribution is 5.92. The lowest BCUT2D eigenvalue weighted by molar-refractivity contribution is -0.275. The van der Waals surface area contributed by atoms with Crippen LogP contribution in [0, 0.1) is 53.3 Å². The van der Waals surface area contributed by atoms with Gasteiger partial charge in [0.05, 0.1) is 109 Å². The SMILES string of the molecule is CCC1OC(OCCOCCNC(=O)CCC(NC(=O)CCC(N)C(=O)NC(CCC(=O)CCCOCCOC2OC(COC(C)=O)C(OC(C)=O)C(C)C2C)C(=O)NCCOCCOC2OC(COC(C)=O)C(C)C(C)C2C)C(=O)CCCOCCOC2OC(COC(C)=O)C(C)C(C)C2NC(C)=O)C(NC(C)=O)C(C)C1C. The van der Waals surface area contributed by atoms with Crippen molar-refractivity contribution in [2.24, 2.45) is 59.0 Å². The maximum Gasteiger partial charge on any atom is 0.303 e. The minimum atomic E-state index is -1.35. The molecule has 23 unspecified atom stereocenters. The molecule has 4 heterocycles. The normalized spacial score (nSPS) is 28.3. The number of ketones is 2. The van der Waals surface area contributed by atoms with Gasteiger partial charge in [0.1, 0.15) is 43.9 Å². The van der Waals surface area contributed by atoms with Gasteiger partial charge in [-0.05, 0) is 74.0 Å². The van der Waals surface area contributed by atoms with Crippen molar-refractivity contribution < 1.29 is 133 Å². The zero-order valence-electron chi connectivity index (χ0n) is 70.1. The maximum absolute atomic E-state index is 14.0. The van der Waals surface area contributed by atoms with E-state index in [2.05, 4.69) is 52.7 Å². The second kappa shape index (κ2) is 53.8. The van der Waals surface area contributed by atoms with Crippen molar-refractivity contribution in [3.8, 4) is 0 Å². The zero-order chi connectivity index (χ0) is 84.6. The summed E-state index contributed by atoms with van der Waals surface area (Å²) in [7, 11) is 0. The molecule has 654 valence electrons. The summed E-state index contributed by atoms with van der Waals surface area (Å²) in [6, 6.07) is -4.63. The summed E-state index contributed by atoms with van der Waals surface area (Å²) in [4.78, 5) is 153. The van der Waals surface area contributed by atoms with Crippen LogP contribution in [0.3, 0.4) is 0 Å². The molecule has 6 amide bonds. The van der Waals surface area contributed by atoms with Gasteiger partial charge in [0.25, 0.3) is 0 Å². The Bertz CT molecular complexity index is 2970. The van der Waals surface area contributed by atoms with Gasteiger partial charge in [0.15, 0.2) is 30.9 Å². The lowest BCUT2D eigenvalue weighted by Gasteiger charge is -2.44. The van der Waals surface area contributed by atoms with Gasteiger partial charge in [-0.3, -0.25) is 57.5 Å². The van der Waals surface area contributed by atoms with E-state index in [1.165, 1.54) is 41.5 Å². The lowest BCUT2D eigenvalue weighted by atomic mass is 9.79. The molecular weight excluding hydrogens is 1490 g/mol. The van der Waals surface area contributed by atoms with Crippen LogP contribution >= 0.6 is 0 Å². The van der Waals surface area contributed by atoms with Gasteiger partial charge in [0, 0.05) is 118 Å². The molecule has 4 aliphatic rings. The van der Waals surface area contributed by atoms with E-state index in [1.54, 1.807) is 0 Å². The van der Waals surface area contributed by atoms with Crippen LogP contribution in [0.5, 0.6) is 0 Å². The topological polar surface area (TPSA) is 451 Å². The van der Waals surface area contributed by atoms with Crippen molar-refractivity contribution in [3.05, 3.63) is 0 Å². The first kappa shape index (κ1) is 99.9. The summed E-state index contributed by atoms with van der Waals surface area (Å²) in [5, 5.41) is 16.8. The van der Waals surface area contributed by atoms with Gasteiger partial charge in [-0.2, -0.15) is 0 Å². The van der Waals surface area contributed by atoms with E-state index in [0.29, 0.717) is 6.42 Å². The summed E-state index contributed by atoms with van der Waals surface area (Å²) in [5.41, 5.74) is 6.41. The van der Waals surface area contributed by atoms with Crippen molar-refractivity contribution in [2.75, 3.05) is 112 Å². The second-order valence-electron chi connectivity index (χ2n) is 30.4. The van der Waals surface area contributed by atoms with Gasteiger partial charge in [-0.25, -0.2) is 0 Å². The van der Waals surface area contributed by atoms with E-state index in [4.69, 9.17) is 81.5 Å².